The average molecular weight is 193 g/mol. The molecule has 0 aliphatic rings. The van der Waals surface area contributed by atoms with Gasteiger partial charge in [-0.05, 0) is 31.4 Å². The van der Waals surface area contributed by atoms with Crippen molar-refractivity contribution in [3.63, 3.8) is 0 Å². The standard InChI is InChI=1S/C11H19N3/c1-9(2)7-10(3)12-8-11-5-4-6-13-14-11/h4-6,9-10,12H,7-8H2,1-3H3. The molecule has 1 atom stereocenters. The Morgan fingerprint density at radius 3 is 2.71 bits per heavy atom. The molecule has 0 saturated carbocycles. The van der Waals surface area contributed by atoms with Crippen LogP contribution in [0.4, 0.5) is 0 Å². The van der Waals surface area contributed by atoms with Gasteiger partial charge in [0.05, 0.1) is 5.69 Å². The second kappa shape index (κ2) is 5.70. The lowest BCUT2D eigenvalue weighted by atomic mass is 10.1. The monoisotopic (exact) mass is 193 g/mol. The summed E-state index contributed by atoms with van der Waals surface area (Å²) in [5.41, 5.74) is 1.00. The van der Waals surface area contributed by atoms with Crippen LogP contribution in [0.15, 0.2) is 18.3 Å². The van der Waals surface area contributed by atoms with Crippen molar-refractivity contribution in [3.05, 3.63) is 24.0 Å². The predicted octanol–water partition coefficient (Wildman–Crippen LogP) is 2.00. The van der Waals surface area contributed by atoms with Crippen molar-refractivity contribution >= 4 is 0 Å². The lowest BCUT2D eigenvalue weighted by Gasteiger charge is -2.15. The third kappa shape index (κ3) is 4.33. The van der Waals surface area contributed by atoms with E-state index in [4.69, 9.17) is 0 Å². The van der Waals surface area contributed by atoms with E-state index in [9.17, 15) is 0 Å². The average Bonchev–Trinajstić information content (AvgIpc) is 2.15. The number of hydrogen-bond donors (Lipinski definition) is 1. The van der Waals surface area contributed by atoms with Crippen molar-refractivity contribution in [1.29, 1.82) is 0 Å². The van der Waals surface area contributed by atoms with E-state index in [1.807, 2.05) is 12.1 Å². The van der Waals surface area contributed by atoms with Crippen LogP contribution in [-0.4, -0.2) is 16.2 Å². The molecule has 1 aromatic heterocycles. The summed E-state index contributed by atoms with van der Waals surface area (Å²) in [6.45, 7) is 7.49. The normalized spacial score (nSPS) is 13.1. The number of nitrogens with zero attached hydrogens (tertiary/aromatic N) is 2. The third-order valence-corrected chi connectivity index (χ3v) is 2.08. The molecule has 0 radical (unpaired) electrons. The fourth-order valence-corrected chi connectivity index (χ4v) is 1.50. The van der Waals surface area contributed by atoms with Crippen molar-refractivity contribution in [2.24, 2.45) is 5.92 Å². The maximum atomic E-state index is 4.02. The Hall–Kier alpha value is -0.960. The van der Waals surface area contributed by atoms with Gasteiger partial charge in [0.25, 0.3) is 0 Å². The van der Waals surface area contributed by atoms with Gasteiger partial charge in [-0.3, -0.25) is 0 Å². The van der Waals surface area contributed by atoms with E-state index in [0.29, 0.717) is 6.04 Å². The van der Waals surface area contributed by atoms with Gasteiger partial charge >= 0.3 is 0 Å². The summed E-state index contributed by atoms with van der Waals surface area (Å²) in [7, 11) is 0. The van der Waals surface area contributed by atoms with Gasteiger partial charge < -0.3 is 5.32 Å². The van der Waals surface area contributed by atoms with Gasteiger partial charge in [-0.25, -0.2) is 0 Å². The molecule has 1 aromatic rings. The van der Waals surface area contributed by atoms with E-state index in [2.05, 4.69) is 36.3 Å². The first-order chi connectivity index (χ1) is 6.68. The van der Waals surface area contributed by atoms with Gasteiger partial charge in [0, 0.05) is 18.8 Å². The first-order valence-corrected chi connectivity index (χ1v) is 5.18. The highest BCUT2D eigenvalue weighted by molar-refractivity contribution is 4.98. The summed E-state index contributed by atoms with van der Waals surface area (Å²) in [6, 6.07) is 4.44. The van der Waals surface area contributed by atoms with Crippen molar-refractivity contribution < 1.29 is 0 Å². The van der Waals surface area contributed by atoms with E-state index in [0.717, 1.165) is 18.2 Å². The third-order valence-electron chi connectivity index (χ3n) is 2.08. The highest BCUT2D eigenvalue weighted by Crippen LogP contribution is 2.04. The minimum atomic E-state index is 0.539. The Kier molecular flexibility index (Phi) is 4.53. The van der Waals surface area contributed by atoms with Crippen molar-refractivity contribution in [1.82, 2.24) is 15.5 Å². The van der Waals surface area contributed by atoms with Gasteiger partial charge in [-0.2, -0.15) is 10.2 Å². The van der Waals surface area contributed by atoms with Crippen molar-refractivity contribution in [2.45, 2.75) is 39.8 Å². The van der Waals surface area contributed by atoms with Crippen LogP contribution < -0.4 is 5.32 Å². The minimum absolute atomic E-state index is 0.539. The molecule has 1 heterocycles. The molecule has 0 amide bonds. The summed E-state index contributed by atoms with van der Waals surface area (Å²) >= 11 is 0. The molecule has 3 nitrogen and oxygen atoms in total. The zero-order valence-electron chi connectivity index (χ0n) is 9.20. The van der Waals surface area contributed by atoms with Gasteiger partial charge in [0.2, 0.25) is 0 Å². The highest BCUT2D eigenvalue weighted by atomic mass is 15.1. The fourth-order valence-electron chi connectivity index (χ4n) is 1.50. The molecule has 0 bridgehead atoms. The van der Waals surface area contributed by atoms with Crippen LogP contribution in [0.1, 0.15) is 32.9 Å². The molecule has 1 N–H and O–H groups in total. The zero-order valence-corrected chi connectivity index (χ0v) is 9.20. The van der Waals surface area contributed by atoms with E-state index in [-0.39, 0.29) is 0 Å². The van der Waals surface area contributed by atoms with Crippen LogP contribution in [0.3, 0.4) is 0 Å². The Balaban J connectivity index is 2.27. The lowest BCUT2D eigenvalue weighted by Crippen LogP contribution is -2.27. The smallest absolute Gasteiger partial charge is 0.0769 e. The summed E-state index contributed by atoms with van der Waals surface area (Å²) in [5, 5.41) is 11.3. The Morgan fingerprint density at radius 2 is 2.14 bits per heavy atom. The molecule has 0 aliphatic carbocycles. The Labute approximate surface area is 85.9 Å². The van der Waals surface area contributed by atoms with Crippen LogP contribution >= 0.6 is 0 Å². The van der Waals surface area contributed by atoms with Gasteiger partial charge in [-0.15, -0.1) is 0 Å². The summed E-state index contributed by atoms with van der Waals surface area (Å²) in [4.78, 5) is 0. The lowest BCUT2D eigenvalue weighted by molar-refractivity contribution is 0.438. The van der Waals surface area contributed by atoms with Crippen LogP contribution in [0.2, 0.25) is 0 Å². The molecular weight excluding hydrogens is 174 g/mol. The number of hydrogen-bond acceptors (Lipinski definition) is 3. The van der Waals surface area contributed by atoms with E-state index < -0.39 is 0 Å². The molecule has 78 valence electrons. The van der Waals surface area contributed by atoms with Crippen molar-refractivity contribution in [2.75, 3.05) is 0 Å². The van der Waals surface area contributed by atoms with E-state index in [1.165, 1.54) is 6.42 Å². The molecule has 1 rings (SSSR count). The largest absolute Gasteiger partial charge is 0.309 e. The SMILES string of the molecule is CC(C)CC(C)NCc1cccnn1. The topological polar surface area (TPSA) is 37.8 Å². The number of aromatic nitrogens is 2. The Morgan fingerprint density at radius 1 is 1.36 bits per heavy atom. The first-order valence-electron chi connectivity index (χ1n) is 5.18. The quantitative estimate of drug-likeness (QED) is 0.777. The summed E-state index contributed by atoms with van der Waals surface area (Å²) in [5.74, 6) is 0.736. The number of rotatable bonds is 5. The maximum absolute atomic E-state index is 4.02. The number of nitrogens with one attached hydrogen (secondary N) is 1. The molecule has 1 unspecified atom stereocenters. The van der Waals surface area contributed by atoms with Crippen molar-refractivity contribution in [3.8, 4) is 0 Å². The second-order valence-electron chi connectivity index (χ2n) is 4.13. The summed E-state index contributed by atoms with van der Waals surface area (Å²) in [6.07, 6.45) is 2.89. The predicted molar refractivity (Wildman–Crippen MR) is 57.8 cm³/mol. The highest BCUT2D eigenvalue weighted by Gasteiger charge is 2.04. The minimum Gasteiger partial charge on any atom is -0.309 e. The van der Waals surface area contributed by atoms with Gasteiger partial charge in [-0.1, -0.05) is 13.8 Å². The van der Waals surface area contributed by atoms with Gasteiger partial charge in [0.15, 0.2) is 0 Å². The zero-order chi connectivity index (χ0) is 10.4. The molecule has 0 saturated heterocycles. The fraction of sp³-hybridized carbons (Fsp3) is 0.636. The molecule has 0 aromatic carbocycles. The molecule has 14 heavy (non-hydrogen) atoms. The second-order valence-corrected chi connectivity index (χ2v) is 4.13. The molecule has 0 aliphatic heterocycles. The van der Waals surface area contributed by atoms with Crippen LogP contribution in [0, 0.1) is 5.92 Å². The molecule has 0 fully saturated rings. The molecular formula is C11H19N3. The summed E-state index contributed by atoms with van der Waals surface area (Å²) < 4.78 is 0. The van der Waals surface area contributed by atoms with Gasteiger partial charge in [0.1, 0.15) is 0 Å². The van der Waals surface area contributed by atoms with Crippen LogP contribution in [-0.2, 0) is 6.54 Å². The molecule has 0 spiro atoms. The Bertz CT molecular complexity index is 246. The van der Waals surface area contributed by atoms with Crippen LogP contribution in [0.25, 0.3) is 0 Å². The molecule has 3 heteroatoms. The van der Waals surface area contributed by atoms with E-state index >= 15 is 0 Å². The van der Waals surface area contributed by atoms with Crippen LogP contribution in [0.5, 0.6) is 0 Å². The van der Waals surface area contributed by atoms with E-state index in [1.54, 1.807) is 6.20 Å². The first kappa shape index (κ1) is 11.1. The maximum Gasteiger partial charge on any atom is 0.0769 e.